The smallest absolute Gasteiger partial charge is 0.225 e. The molecule has 0 aliphatic heterocycles. The number of aromatic nitrogens is 3. The monoisotopic (exact) mass is 309 g/mol. The average molecular weight is 309 g/mol. The number of rotatable bonds is 5. The summed E-state index contributed by atoms with van der Waals surface area (Å²) in [5.41, 5.74) is 8.14. The van der Waals surface area contributed by atoms with Crippen molar-refractivity contribution < 1.29 is 9.18 Å². The minimum Gasteiger partial charge on any atom is -0.280 e. The second kappa shape index (κ2) is 6.61. The summed E-state index contributed by atoms with van der Waals surface area (Å²) in [4.78, 5) is 14.5. The molecule has 0 unspecified atom stereocenters. The molecule has 7 heteroatoms. The van der Waals surface area contributed by atoms with Crippen LogP contribution in [-0.2, 0) is 4.79 Å². The second-order valence-corrected chi connectivity index (χ2v) is 4.61. The van der Waals surface area contributed by atoms with E-state index in [0.717, 1.165) is 22.3 Å². The Labute approximate surface area is 131 Å². The van der Waals surface area contributed by atoms with Crippen LogP contribution in [-0.4, -0.2) is 21.6 Å². The Hall–Kier alpha value is -3.35. The molecule has 1 amide bonds. The van der Waals surface area contributed by atoms with Gasteiger partial charge >= 0.3 is 0 Å². The van der Waals surface area contributed by atoms with Crippen molar-refractivity contribution in [1.82, 2.24) is 20.6 Å². The summed E-state index contributed by atoms with van der Waals surface area (Å²) in [5, 5.41) is 7.96. The Morgan fingerprint density at radius 1 is 1.00 bits per heavy atom. The van der Waals surface area contributed by atoms with Crippen LogP contribution < -0.4 is 10.9 Å². The van der Waals surface area contributed by atoms with E-state index in [0.29, 0.717) is 12.2 Å². The van der Waals surface area contributed by atoms with Crippen molar-refractivity contribution in [2.24, 2.45) is 0 Å². The molecule has 2 N–H and O–H groups in total. The number of benzene rings is 1. The number of pyridine rings is 1. The molecule has 0 fully saturated rings. The van der Waals surface area contributed by atoms with Gasteiger partial charge in [-0.2, -0.15) is 5.10 Å². The molecule has 0 atom stereocenters. The van der Waals surface area contributed by atoms with E-state index < -0.39 is 0 Å². The minimum atomic E-state index is -0.317. The molecule has 0 bridgehead atoms. The van der Waals surface area contributed by atoms with Crippen LogP contribution in [0, 0.1) is 5.82 Å². The van der Waals surface area contributed by atoms with Crippen LogP contribution in [0.1, 0.15) is 0 Å². The van der Waals surface area contributed by atoms with E-state index in [2.05, 4.69) is 26.0 Å². The zero-order valence-electron chi connectivity index (χ0n) is 11.9. The van der Waals surface area contributed by atoms with Crippen molar-refractivity contribution in [2.75, 3.05) is 5.43 Å². The van der Waals surface area contributed by atoms with E-state index in [9.17, 15) is 9.18 Å². The van der Waals surface area contributed by atoms with Crippen LogP contribution in [0.5, 0.6) is 0 Å². The number of carbonyl (C=O) groups is 1. The second-order valence-electron chi connectivity index (χ2n) is 4.61. The number of hydrogen-bond donors (Lipinski definition) is 2. The van der Waals surface area contributed by atoms with Crippen molar-refractivity contribution in [2.45, 2.75) is 0 Å². The van der Waals surface area contributed by atoms with E-state index >= 15 is 0 Å². The predicted molar refractivity (Wildman–Crippen MR) is 83.5 cm³/mol. The van der Waals surface area contributed by atoms with E-state index in [1.165, 1.54) is 12.1 Å². The summed E-state index contributed by atoms with van der Waals surface area (Å²) in [7, 11) is 0. The first-order valence-corrected chi connectivity index (χ1v) is 6.77. The maximum atomic E-state index is 13.2. The molecule has 2 heterocycles. The van der Waals surface area contributed by atoms with Gasteiger partial charge in [0.05, 0.1) is 6.20 Å². The molecule has 6 nitrogen and oxygen atoms in total. The average Bonchev–Trinajstić information content (AvgIpc) is 2.61. The third kappa shape index (κ3) is 3.13. The highest BCUT2D eigenvalue weighted by Crippen LogP contribution is 2.35. The molecule has 0 aliphatic carbocycles. The summed E-state index contributed by atoms with van der Waals surface area (Å²) >= 11 is 0. The van der Waals surface area contributed by atoms with Gasteiger partial charge in [0.1, 0.15) is 5.82 Å². The number of amides is 1. The summed E-state index contributed by atoms with van der Waals surface area (Å²) < 4.78 is 13.2. The highest BCUT2D eigenvalue weighted by atomic mass is 19.1. The van der Waals surface area contributed by atoms with Gasteiger partial charge in [0, 0.05) is 23.5 Å². The van der Waals surface area contributed by atoms with Crippen molar-refractivity contribution >= 4 is 12.2 Å². The van der Waals surface area contributed by atoms with Gasteiger partial charge in [-0.05, 0) is 35.4 Å². The van der Waals surface area contributed by atoms with Gasteiger partial charge in [-0.15, -0.1) is 5.10 Å². The van der Waals surface area contributed by atoms with Gasteiger partial charge in [0.2, 0.25) is 6.41 Å². The molecule has 0 aliphatic rings. The first-order chi connectivity index (χ1) is 11.3. The minimum absolute atomic E-state index is 0.317. The van der Waals surface area contributed by atoms with E-state index in [1.54, 1.807) is 30.7 Å². The molecule has 114 valence electrons. The number of nitrogens with one attached hydrogen (secondary N) is 2. The number of hydrazine groups is 1. The predicted octanol–water partition coefficient (Wildman–Crippen LogP) is 2.42. The third-order valence-electron chi connectivity index (χ3n) is 3.22. The van der Waals surface area contributed by atoms with Crippen LogP contribution in [0.3, 0.4) is 0 Å². The first kappa shape index (κ1) is 14.6. The lowest BCUT2D eigenvalue weighted by molar-refractivity contribution is -0.109. The molecule has 0 spiro atoms. The van der Waals surface area contributed by atoms with E-state index in [4.69, 9.17) is 0 Å². The van der Waals surface area contributed by atoms with Crippen molar-refractivity contribution in [3.63, 3.8) is 0 Å². The van der Waals surface area contributed by atoms with Crippen molar-refractivity contribution in [3.05, 3.63) is 60.8 Å². The van der Waals surface area contributed by atoms with Crippen LogP contribution in [0.25, 0.3) is 22.3 Å². The number of halogens is 1. The lowest BCUT2D eigenvalue weighted by Gasteiger charge is -2.14. The molecule has 2 aromatic heterocycles. The summed E-state index contributed by atoms with van der Waals surface area (Å²) in [6.45, 7) is 0. The molecule has 0 saturated heterocycles. The highest BCUT2D eigenvalue weighted by Gasteiger charge is 2.14. The fraction of sp³-hybridized carbons (Fsp3) is 0. The molecule has 0 radical (unpaired) electrons. The normalized spacial score (nSPS) is 10.1. The Morgan fingerprint density at radius 3 is 2.43 bits per heavy atom. The lowest BCUT2D eigenvalue weighted by Crippen LogP contribution is -2.21. The Balaban J connectivity index is 2.18. The highest BCUT2D eigenvalue weighted by molar-refractivity contribution is 5.89. The van der Waals surface area contributed by atoms with Crippen molar-refractivity contribution in [1.29, 1.82) is 0 Å². The van der Waals surface area contributed by atoms with Gasteiger partial charge < -0.3 is 0 Å². The molecule has 1 aromatic carbocycles. The Morgan fingerprint density at radius 2 is 1.74 bits per heavy atom. The molecule has 3 aromatic rings. The fourth-order valence-electron chi connectivity index (χ4n) is 2.23. The quantitative estimate of drug-likeness (QED) is 0.559. The number of hydrogen-bond acceptors (Lipinski definition) is 5. The maximum absolute atomic E-state index is 13.2. The van der Waals surface area contributed by atoms with E-state index in [-0.39, 0.29) is 5.82 Å². The fourth-order valence-corrected chi connectivity index (χ4v) is 2.23. The van der Waals surface area contributed by atoms with Crippen LogP contribution in [0.15, 0.2) is 55.0 Å². The van der Waals surface area contributed by atoms with Crippen LogP contribution in [0.2, 0.25) is 0 Å². The molecular weight excluding hydrogens is 297 g/mol. The maximum Gasteiger partial charge on any atom is 0.225 e. The number of carbonyl (C=O) groups excluding carboxylic acids is 1. The topological polar surface area (TPSA) is 79.8 Å². The summed E-state index contributed by atoms with van der Waals surface area (Å²) in [5.74, 6) is 0.0623. The number of nitrogens with zero attached hydrogens (tertiary/aromatic N) is 3. The van der Waals surface area contributed by atoms with Gasteiger partial charge in [-0.25, -0.2) is 4.39 Å². The molecule has 23 heavy (non-hydrogen) atoms. The zero-order chi connectivity index (χ0) is 16.1. The standard InChI is InChI=1S/C16H12FN5O/c17-13-3-1-11(2-4-13)14-9-19-21-16(22-20-10-23)15(14)12-5-7-18-8-6-12/h1-10H,(H,20,23)(H,21,22). The van der Waals surface area contributed by atoms with E-state index in [1.807, 2.05) is 12.1 Å². The summed E-state index contributed by atoms with van der Waals surface area (Å²) in [6, 6.07) is 9.71. The van der Waals surface area contributed by atoms with Crippen LogP contribution in [0.4, 0.5) is 10.2 Å². The van der Waals surface area contributed by atoms with Crippen LogP contribution >= 0.6 is 0 Å². The largest absolute Gasteiger partial charge is 0.280 e. The van der Waals surface area contributed by atoms with Gasteiger partial charge in [0.15, 0.2) is 5.82 Å². The van der Waals surface area contributed by atoms with Crippen molar-refractivity contribution in [3.8, 4) is 22.3 Å². The lowest BCUT2D eigenvalue weighted by atomic mass is 9.97. The van der Waals surface area contributed by atoms with Gasteiger partial charge in [-0.1, -0.05) is 12.1 Å². The first-order valence-electron chi connectivity index (χ1n) is 6.77. The summed E-state index contributed by atoms with van der Waals surface area (Å²) in [6.07, 6.45) is 5.40. The Bertz CT molecular complexity index is 808. The number of anilines is 1. The van der Waals surface area contributed by atoms with Gasteiger partial charge in [0.25, 0.3) is 0 Å². The Kier molecular flexibility index (Phi) is 4.19. The third-order valence-corrected chi connectivity index (χ3v) is 3.22. The SMILES string of the molecule is O=CNNc1nncc(-c2ccc(F)cc2)c1-c1ccncc1. The molecule has 0 saturated carbocycles. The molecule has 3 rings (SSSR count). The molecular formula is C16H12FN5O. The zero-order valence-corrected chi connectivity index (χ0v) is 11.9. The van der Waals surface area contributed by atoms with Gasteiger partial charge in [-0.3, -0.25) is 20.6 Å².